The summed E-state index contributed by atoms with van der Waals surface area (Å²) in [5, 5.41) is 21.0. The molecule has 2 aromatic rings. The van der Waals surface area contributed by atoms with Crippen LogP contribution in [0.5, 0.6) is 0 Å². The average molecular weight is 383 g/mol. The third-order valence-electron chi connectivity index (χ3n) is 2.72. The number of carbonyl (C=O) groups is 2. The number of nitrogens with zero attached hydrogens (tertiary/aromatic N) is 3. The lowest BCUT2D eigenvalue weighted by Crippen LogP contribution is -2.22. The number of nitro groups is 1. The highest BCUT2D eigenvalue weighted by molar-refractivity contribution is 8.01. The number of benzene rings is 1. The van der Waals surface area contributed by atoms with E-state index in [-0.39, 0.29) is 22.3 Å². The van der Waals surface area contributed by atoms with Crippen molar-refractivity contribution >= 4 is 51.5 Å². The second-order valence-electron chi connectivity index (χ2n) is 4.68. The fourth-order valence-electron chi connectivity index (χ4n) is 1.67. The Labute approximate surface area is 149 Å². The van der Waals surface area contributed by atoms with E-state index in [9.17, 15) is 19.7 Å². The van der Waals surface area contributed by atoms with Crippen LogP contribution < -0.4 is 11.1 Å². The molecule has 0 aliphatic heterocycles. The number of aryl methyl sites for hydroxylation is 1. The first-order valence-corrected chi connectivity index (χ1v) is 8.57. The van der Waals surface area contributed by atoms with Gasteiger partial charge in [0.25, 0.3) is 11.6 Å². The summed E-state index contributed by atoms with van der Waals surface area (Å²) >= 11 is 2.21. The van der Waals surface area contributed by atoms with Crippen LogP contribution >= 0.6 is 23.1 Å². The van der Waals surface area contributed by atoms with Crippen LogP contribution in [0.2, 0.25) is 0 Å². The molecule has 2 rings (SSSR count). The van der Waals surface area contributed by atoms with Crippen LogP contribution in [0.1, 0.15) is 5.56 Å². The quantitative estimate of drug-likeness (QED) is 0.314. The number of ether oxygens (including phenoxy) is 1. The van der Waals surface area contributed by atoms with E-state index in [0.29, 0.717) is 9.90 Å². The molecule has 0 unspecified atom stereocenters. The molecule has 1 aromatic heterocycles. The molecule has 1 heterocycles. The second kappa shape index (κ2) is 8.39. The molecule has 0 atom stereocenters. The van der Waals surface area contributed by atoms with Crippen molar-refractivity contribution in [2.24, 2.45) is 0 Å². The van der Waals surface area contributed by atoms with Gasteiger partial charge >= 0.3 is 5.97 Å². The number of aromatic nitrogens is 2. The van der Waals surface area contributed by atoms with E-state index in [1.54, 1.807) is 13.0 Å². The summed E-state index contributed by atoms with van der Waals surface area (Å²) < 4.78 is 5.32. The van der Waals surface area contributed by atoms with Gasteiger partial charge in [-0.05, 0) is 18.6 Å². The predicted octanol–water partition coefficient (Wildman–Crippen LogP) is 1.61. The molecule has 0 saturated heterocycles. The van der Waals surface area contributed by atoms with Crippen molar-refractivity contribution < 1.29 is 19.2 Å². The van der Waals surface area contributed by atoms with Crippen molar-refractivity contribution in [3.63, 3.8) is 0 Å². The number of nitrogens with one attached hydrogen (secondary N) is 1. The van der Waals surface area contributed by atoms with Gasteiger partial charge in [0.2, 0.25) is 5.13 Å². The van der Waals surface area contributed by atoms with E-state index < -0.39 is 23.4 Å². The topological polar surface area (TPSA) is 150 Å². The third-order valence-corrected chi connectivity index (χ3v) is 4.58. The zero-order valence-electron chi connectivity index (χ0n) is 12.9. The fraction of sp³-hybridized carbons (Fsp3) is 0.231. The van der Waals surface area contributed by atoms with Gasteiger partial charge in [0.05, 0.1) is 10.7 Å². The maximum atomic E-state index is 11.8. The summed E-state index contributed by atoms with van der Waals surface area (Å²) in [5.74, 6) is -1.37. The zero-order chi connectivity index (χ0) is 18.4. The number of anilines is 2. The molecule has 0 bridgehead atoms. The smallest absolute Gasteiger partial charge is 0.316 e. The Morgan fingerprint density at radius 1 is 1.44 bits per heavy atom. The van der Waals surface area contributed by atoms with Crippen LogP contribution in [0.25, 0.3) is 0 Å². The molecular formula is C13H13N5O5S2. The standard InChI is InChI=1S/C13H13N5O5S2/c1-7-2-3-8(9(4-7)18(21)22)15-10(19)5-23-11(20)6-24-13-17-16-12(14)25-13/h2-4H,5-6H2,1H3,(H2,14,16)(H,15,19). The normalized spacial score (nSPS) is 10.3. The van der Waals surface area contributed by atoms with Crippen molar-refractivity contribution in [3.05, 3.63) is 33.9 Å². The molecule has 1 aromatic carbocycles. The van der Waals surface area contributed by atoms with Gasteiger partial charge in [-0.1, -0.05) is 29.2 Å². The first-order chi connectivity index (χ1) is 11.8. The predicted molar refractivity (Wildman–Crippen MR) is 92.5 cm³/mol. The number of amides is 1. The zero-order valence-corrected chi connectivity index (χ0v) is 14.6. The van der Waals surface area contributed by atoms with Gasteiger partial charge in [-0.15, -0.1) is 10.2 Å². The summed E-state index contributed by atoms with van der Waals surface area (Å²) in [5.41, 5.74) is 5.90. The number of nitrogen functional groups attached to an aromatic ring is 1. The van der Waals surface area contributed by atoms with Crippen molar-refractivity contribution in [3.8, 4) is 0 Å². The Balaban J connectivity index is 1.82. The van der Waals surface area contributed by atoms with E-state index >= 15 is 0 Å². The molecule has 10 nitrogen and oxygen atoms in total. The largest absolute Gasteiger partial charge is 0.455 e. The van der Waals surface area contributed by atoms with Gasteiger partial charge in [0.15, 0.2) is 10.9 Å². The van der Waals surface area contributed by atoms with Gasteiger partial charge in [0, 0.05) is 6.07 Å². The van der Waals surface area contributed by atoms with E-state index in [2.05, 4.69) is 15.5 Å². The van der Waals surface area contributed by atoms with E-state index in [1.165, 1.54) is 12.1 Å². The molecule has 0 spiro atoms. The van der Waals surface area contributed by atoms with Crippen LogP contribution in [-0.4, -0.2) is 39.4 Å². The minimum Gasteiger partial charge on any atom is -0.455 e. The number of esters is 1. The lowest BCUT2D eigenvalue weighted by Gasteiger charge is -2.07. The Bertz CT molecular complexity index is 810. The molecule has 25 heavy (non-hydrogen) atoms. The Kier molecular flexibility index (Phi) is 6.25. The molecule has 12 heteroatoms. The molecule has 3 N–H and O–H groups in total. The molecule has 0 saturated carbocycles. The highest BCUT2D eigenvalue weighted by atomic mass is 32.2. The van der Waals surface area contributed by atoms with Crippen molar-refractivity contribution in [1.29, 1.82) is 0 Å². The van der Waals surface area contributed by atoms with Crippen LogP contribution in [0.4, 0.5) is 16.5 Å². The summed E-state index contributed by atoms with van der Waals surface area (Å²) in [7, 11) is 0. The molecule has 0 radical (unpaired) electrons. The van der Waals surface area contributed by atoms with Crippen LogP contribution in [0.3, 0.4) is 0 Å². The van der Waals surface area contributed by atoms with Crippen molar-refractivity contribution in [1.82, 2.24) is 10.2 Å². The maximum Gasteiger partial charge on any atom is 0.316 e. The minimum absolute atomic E-state index is 0.0374. The first kappa shape index (κ1) is 18.6. The summed E-state index contributed by atoms with van der Waals surface area (Å²) in [6.07, 6.45) is 0. The lowest BCUT2D eigenvalue weighted by molar-refractivity contribution is -0.384. The molecule has 0 aliphatic carbocycles. The van der Waals surface area contributed by atoms with Crippen LogP contribution in [-0.2, 0) is 14.3 Å². The highest BCUT2D eigenvalue weighted by Gasteiger charge is 2.17. The third kappa shape index (κ3) is 5.69. The number of thioether (sulfide) groups is 1. The monoisotopic (exact) mass is 383 g/mol. The summed E-state index contributed by atoms with van der Waals surface area (Å²) in [6.45, 7) is 1.15. The van der Waals surface area contributed by atoms with Gasteiger partial charge in [-0.3, -0.25) is 19.7 Å². The number of hydrogen-bond acceptors (Lipinski definition) is 10. The highest BCUT2D eigenvalue weighted by Crippen LogP contribution is 2.25. The van der Waals surface area contributed by atoms with E-state index in [0.717, 1.165) is 23.1 Å². The minimum atomic E-state index is -0.675. The number of hydrogen-bond donors (Lipinski definition) is 2. The second-order valence-corrected chi connectivity index (χ2v) is 6.91. The lowest BCUT2D eigenvalue weighted by atomic mass is 10.2. The Hall–Kier alpha value is -2.73. The molecule has 132 valence electrons. The maximum absolute atomic E-state index is 11.8. The van der Waals surface area contributed by atoms with Crippen molar-refractivity contribution in [2.45, 2.75) is 11.3 Å². The van der Waals surface area contributed by atoms with Gasteiger partial charge in [0.1, 0.15) is 5.69 Å². The molecule has 1 amide bonds. The van der Waals surface area contributed by atoms with Gasteiger partial charge in [-0.25, -0.2) is 0 Å². The van der Waals surface area contributed by atoms with Gasteiger partial charge in [-0.2, -0.15) is 0 Å². The van der Waals surface area contributed by atoms with E-state index in [1.807, 2.05) is 0 Å². The molecule has 0 fully saturated rings. The average Bonchev–Trinajstić information content (AvgIpc) is 2.98. The van der Waals surface area contributed by atoms with Crippen LogP contribution in [0, 0.1) is 17.0 Å². The summed E-state index contributed by atoms with van der Waals surface area (Å²) in [6, 6.07) is 4.38. The summed E-state index contributed by atoms with van der Waals surface area (Å²) in [4.78, 5) is 33.8. The van der Waals surface area contributed by atoms with Gasteiger partial charge < -0.3 is 15.8 Å². The van der Waals surface area contributed by atoms with E-state index in [4.69, 9.17) is 10.5 Å². The molecule has 0 aliphatic rings. The number of carbonyl (C=O) groups excluding carboxylic acids is 2. The Morgan fingerprint density at radius 3 is 2.84 bits per heavy atom. The Morgan fingerprint density at radius 2 is 2.20 bits per heavy atom. The number of nitro benzene ring substituents is 1. The first-order valence-electron chi connectivity index (χ1n) is 6.77. The SMILES string of the molecule is Cc1ccc(NC(=O)COC(=O)CSc2nnc(N)s2)c([N+](=O)[O-])c1. The van der Waals surface area contributed by atoms with Crippen molar-refractivity contribution in [2.75, 3.05) is 23.4 Å². The number of rotatable bonds is 7. The number of nitrogens with two attached hydrogens (primary N) is 1. The van der Waals surface area contributed by atoms with Crippen LogP contribution in [0.15, 0.2) is 22.5 Å². The molecular weight excluding hydrogens is 370 g/mol. The fourth-order valence-corrected chi connectivity index (χ4v) is 3.11.